The van der Waals surface area contributed by atoms with Crippen LogP contribution in [0.3, 0.4) is 0 Å². The first-order valence-electron chi connectivity index (χ1n) is 4.22. The molecule has 2 aromatic rings. The van der Waals surface area contributed by atoms with E-state index in [0.717, 1.165) is 4.90 Å². The average Bonchev–Trinajstić information content (AvgIpc) is 2.28. The van der Waals surface area contributed by atoms with Crippen LogP contribution in [0.25, 0.3) is 0 Å². The number of hydrogen-bond donors (Lipinski definition) is 1. The van der Waals surface area contributed by atoms with E-state index in [1.165, 1.54) is 18.0 Å². The zero-order chi connectivity index (χ0) is 11.5. The highest BCUT2D eigenvalue weighted by Gasteiger charge is 2.07. The van der Waals surface area contributed by atoms with E-state index < -0.39 is 0 Å². The molecule has 2 heterocycles. The van der Waals surface area contributed by atoms with Crippen molar-refractivity contribution in [2.45, 2.75) is 9.92 Å². The van der Waals surface area contributed by atoms with Crippen LogP contribution in [0.15, 0.2) is 34.6 Å². The van der Waals surface area contributed by atoms with Crippen LogP contribution in [0.4, 0.5) is 5.82 Å². The van der Waals surface area contributed by atoms with Gasteiger partial charge in [-0.05, 0) is 6.07 Å². The molecule has 2 aromatic heterocycles. The quantitative estimate of drug-likeness (QED) is 0.911. The Labute approximate surface area is 106 Å². The molecule has 2 N–H and O–H groups in total. The Morgan fingerprint density at radius 2 is 1.94 bits per heavy atom. The van der Waals surface area contributed by atoms with Gasteiger partial charge in [-0.2, -0.15) is 0 Å². The number of pyridine rings is 1. The number of aromatic nitrogens is 3. The summed E-state index contributed by atoms with van der Waals surface area (Å²) in [7, 11) is 0. The molecule has 16 heavy (non-hydrogen) atoms. The first kappa shape index (κ1) is 11.4. The Hall–Kier alpha value is -1.04. The molecule has 0 unspecified atom stereocenters. The van der Waals surface area contributed by atoms with E-state index in [1.807, 2.05) is 0 Å². The summed E-state index contributed by atoms with van der Waals surface area (Å²) < 4.78 is 0. The average molecular weight is 273 g/mol. The van der Waals surface area contributed by atoms with Crippen LogP contribution in [0, 0.1) is 0 Å². The summed E-state index contributed by atoms with van der Waals surface area (Å²) in [6.07, 6.45) is 4.63. The summed E-state index contributed by atoms with van der Waals surface area (Å²) in [6.45, 7) is 0. The van der Waals surface area contributed by atoms with E-state index in [-0.39, 0.29) is 0 Å². The highest BCUT2D eigenvalue weighted by atomic mass is 35.5. The van der Waals surface area contributed by atoms with E-state index in [4.69, 9.17) is 28.9 Å². The van der Waals surface area contributed by atoms with Gasteiger partial charge in [-0.3, -0.25) is 0 Å². The Kier molecular flexibility index (Phi) is 3.48. The Bertz CT molecular complexity index is 503. The third kappa shape index (κ3) is 2.55. The lowest BCUT2D eigenvalue weighted by molar-refractivity contribution is 1.05. The molecule has 0 atom stereocenters. The van der Waals surface area contributed by atoms with Crippen LogP contribution < -0.4 is 5.73 Å². The van der Waals surface area contributed by atoms with Crippen molar-refractivity contribution in [3.05, 3.63) is 34.8 Å². The number of hydrogen-bond acceptors (Lipinski definition) is 5. The normalized spacial score (nSPS) is 10.4. The lowest BCUT2D eigenvalue weighted by atomic mass is 10.5. The van der Waals surface area contributed by atoms with E-state index in [2.05, 4.69) is 15.0 Å². The Morgan fingerprint density at radius 1 is 1.12 bits per heavy atom. The molecule has 0 spiro atoms. The molecule has 4 nitrogen and oxygen atoms in total. The summed E-state index contributed by atoms with van der Waals surface area (Å²) in [4.78, 5) is 12.7. The number of anilines is 1. The van der Waals surface area contributed by atoms with E-state index in [0.29, 0.717) is 21.0 Å². The van der Waals surface area contributed by atoms with Crippen LogP contribution in [0.1, 0.15) is 0 Å². The van der Waals surface area contributed by atoms with Gasteiger partial charge in [0.25, 0.3) is 0 Å². The minimum atomic E-state index is 0.300. The second-order valence-corrected chi connectivity index (χ2v) is 4.62. The van der Waals surface area contributed by atoms with Crippen molar-refractivity contribution in [3.63, 3.8) is 0 Å². The largest absolute Gasteiger partial charge is 0.382 e. The Morgan fingerprint density at radius 3 is 2.62 bits per heavy atom. The maximum absolute atomic E-state index is 5.99. The number of halogens is 2. The lowest BCUT2D eigenvalue weighted by Gasteiger charge is -2.04. The van der Waals surface area contributed by atoms with Crippen molar-refractivity contribution in [2.75, 3.05) is 5.73 Å². The van der Waals surface area contributed by atoms with Gasteiger partial charge in [0.15, 0.2) is 0 Å². The van der Waals surface area contributed by atoms with E-state index >= 15 is 0 Å². The van der Waals surface area contributed by atoms with Gasteiger partial charge in [-0.25, -0.2) is 15.0 Å². The first-order valence-corrected chi connectivity index (χ1v) is 5.79. The summed E-state index contributed by atoms with van der Waals surface area (Å²) >= 11 is 13.0. The molecule has 0 aliphatic carbocycles. The van der Waals surface area contributed by atoms with Gasteiger partial charge < -0.3 is 5.73 Å². The molecule has 0 saturated heterocycles. The Balaban J connectivity index is 2.27. The number of nitrogen functional groups attached to an aromatic ring is 1. The van der Waals surface area contributed by atoms with Gasteiger partial charge in [0, 0.05) is 11.1 Å². The summed E-state index contributed by atoms with van der Waals surface area (Å²) in [5, 5.41) is 1.46. The summed E-state index contributed by atoms with van der Waals surface area (Å²) in [5.41, 5.74) is 5.58. The molecule has 0 amide bonds. The second-order valence-electron chi connectivity index (χ2n) is 2.79. The van der Waals surface area contributed by atoms with Gasteiger partial charge in [0.2, 0.25) is 0 Å². The van der Waals surface area contributed by atoms with Gasteiger partial charge in [0.05, 0.1) is 17.4 Å². The minimum Gasteiger partial charge on any atom is -0.382 e. The number of nitrogens with two attached hydrogens (primary N) is 1. The molecule has 0 aromatic carbocycles. The van der Waals surface area contributed by atoms with Crippen LogP contribution >= 0.6 is 35.0 Å². The highest BCUT2D eigenvalue weighted by Crippen LogP contribution is 2.33. The molecule has 7 heteroatoms. The van der Waals surface area contributed by atoms with Crippen molar-refractivity contribution >= 4 is 40.8 Å². The molecular weight excluding hydrogens is 267 g/mol. The van der Waals surface area contributed by atoms with Crippen molar-refractivity contribution in [1.82, 2.24) is 15.0 Å². The van der Waals surface area contributed by atoms with Crippen molar-refractivity contribution in [3.8, 4) is 0 Å². The number of rotatable bonds is 2. The summed E-state index contributed by atoms with van der Waals surface area (Å²) in [5.74, 6) is 0.300. The molecule has 0 aliphatic rings. The maximum Gasteiger partial charge on any atom is 0.147 e. The topological polar surface area (TPSA) is 64.7 Å². The maximum atomic E-state index is 5.99. The van der Waals surface area contributed by atoms with Crippen LogP contribution in [-0.2, 0) is 0 Å². The van der Waals surface area contributed by atoms with Crippen molar-refractivity contribution in [2.24, 2.45) is 0 Å². The number of nitrogens with zero attached hydrogens (tertiary/aromatic N) is 3. The van der Waals surface area contributed by atoms with Gasteiger partial charge >= 0.3 is 0 Å². The van der Waals surface area contributed by atoms with E-state index in [9.17, 15) is 0 Å². The third-order valence-electron chi connectivity index (χ3n) is 1.69. The lowest BCUT2D eigenvalue weighted by Crippen LogP contribution is -1.92. The molecule has 0 saturated carbocycles. The van der Waals surface area contributed by atoms with Crippen LogP contribution in [0.5, 0.6) is 0 Å². The monoisotopic (exact) mass is 272 g/mol. The molecule has 0 aliphatic heterocycles. The van der Waals surface area contributed by atoms with Crippen LogP contribution in [0.2, 0.25) is 10.2 Å². The molecule has 0 radical (unpaired) electrons. The third-order valence-corrected chi connectivity index (χ3v) is 3.38. The fourth-order valence-corrected chi connectivity index (χ4v) is 2.07. The zero-order valence-corrected chi connectivity index (χ0v) is 10.2. The fourth-order valence-electron chi connectivity index (χ4n) is 0.986. The SMILES string of the molecule is Nc1nccc(Sc2cnc(Cl)cn2)c1Cl. The second kappa shape index (κ2) is 4.86. The van der Waals surface area contributed by atoms with Gasteiger partial charge in [-0.15, -0.1) is 0 Å². The van der Waals surface area contributed by atoms with Crippen molar-refractivity contribution in [1.29, 1.82) is 0 Å². The highest BCUT2D eigenvalue weighted by molar-refractivity contribution is 7.99. The van der Waals surface area contributed by atoms with Crippen molar-refractivity contribution < 1.29 is 0 Å². The fraction of sp³-hybridized carbons (Fsp3) is 0. The smallest absolute Gasteiger partial charge is 0.147 e. The molecule has 0 bridgehead atoms. The van der Waals surface area contributed by atoms with E-state index in [1.54, 1.807) is 18.5 Å². The predicted octanol–water partition coefficient (Wildman–Crippen LogP) is 2.91. The van der Waals surface area contributed by atoms with Crippen LogP contribution in [-0.4, -0.2) is 15.0 Å². The standard InChI is InChI=1S/C9H6Cl2N4S/c10-6-3-15-7(4-14-6)16-5-1-2-13-9(12)8(5)11/h1-4H,(H2,12,13). The van der Waals surface area contributed by atoms with Gasteiger partial charge in [0.1, 0.15) is 16.0 Å². The molecule has 0 fully saturated rings. The minimum absolute atomic E-state index is 0.300. The molecular formula is C9H6Cl2N4S. The first-order chi connectivity index (χ1) is 7.66. The molecule has 2 rings (SSSR count). The molecule has 82 valence electrons. The zero-order valence-electron chi connectivity index (χ0n) is 7.89. The summed E-state index contributed by atoms with van der Waals surface area (Å²) in [6, 6.07) is 1.76. The van der Waals surface area contributed by atoms with Gasteiger partial charge in [-0.1, -0.05) is 35.0 Å². The predicted molar refractivity (Wildman–Crippen MR) is 64.8 cm³/mol.